The summed E-state index contributed by atoms with van der Waals surface area (Å²) in [6, 6.07) is 11.8. The second kappa shape index (κ2) is 9.14. The number of halogens is 2. The number of nitrogens with zero attached hydrogens (tertiary/aromatic N) is 1. The van der Waals surface area contributed by atoms with Crippen molar-refractivity contribution in [2.75, 3.05) is 19.0 Å². The van der Waals surface area contributed by atoms with E-state index in [0.717, 1.165) is 0 Å². The molecule has 0 atom stereocenters. The third-order valence-electron chi connectivity index (χ3n) is 3.33. The van der Waals surface area contributed by atoms with Crippen LogP contribution in [0.4, 0.5) is 5.69 Å². The van der Waals surface area contributed by atoms with Crippen molar-refractivity contribution >= 4 is 40.9 Å². The molecule has 2 rings (SSSR count). The fraction of sp³-hybridized carbons (Fsp3) is 0.158. The molecule has 0 saturated heterocycles. The Kier molecular flexibility index (Phi) is 6.90. The monoisotopic (exact) mass is 390 g/mol. The maximum absolute atomic E-state index is 12.3. The summed E-state index contributed by atoms with van der Waals surface area (Å²) in [5.74, 6) is 0.491. The minimum Gasteiger partial charge on any atom is -0.497 e. The molecule has 0 unspecified atom stereocenters. The van der Waals surface area contributed by atoms with E-state index in [0.29, 0.717) is 39.4 Å². The Balaban J connectivity index is 2.23. The van der Waals surface area contributed by atoms with E-state index in [2.05, 4.69) is 5.32 Å². The summed E-state index contributed by atoms with van der Waals surface area (Å²) in [5.41, 5.74) is 0.974. The summed E-state index contributed by atoms with van der Waals surface area (Å²) in [6.07, 6.45) is 1.41. The summed E-state index contributed by atoms with van der Waals surface area (Å²) < 4.78 is 10.4. The zero-order chi connectivity index (χ0) is 19.1. The van der Waals surface area contributed by atoms with Crippen molar-refractivity contribution in [3.63, 3.8) is 0 Å². The fourth-order valence-corrected chi connectivity index (χ4v) is 2.75. The minimum atomic E-state index is -0.543. The predicted octanol–water partition coefficient (Wildman–Crippen LogP) is 4.95. The van der Waals surface area contributed by atoms with Crippen molar-refractivity contribution < 1.29 is 14.3 Å². The molecule has 0 aliphatic carbocycles. The van der Waals surface area contributed by atoms with Crippen LogP contribution in [0.1, 0.15) is 12.5 Å². The molecular weight excluding hydrogens is 375 g/mol. The van der Waals surface area contributed by atoms with Crippen molar-refractivity contribution in [3.05, 3.63) is 57.6 Å². The van der Waals surface area contributed by atoms with Gasteiger partial charge in [0.2, 0.25) is 0 Å². The Hall–Kier alpha value is -2.68. The molecule has 2 aromatic rings. The highest BCUT2D eigenvalue weighted by Gasteiger charge is 2.13. The average Bonchev–Trinajstić information content (AvgIpc) is 2.63. The number of carbonyl (C=O) groups is 1. The molecule has 134 valence electrons. The van der Waals surface area contributed by atoms with Crippen molar-refractivity contribution in [2.24, 2.45) is 0 Å². The highest BCUT2D eigenvalue weighted by Crippen LogP contribution is 2.34. The van der Waals surface area contributed by atoms with Crippen LogP contribution >= 0.6 is 23.2 Å². The molecule has 0 radical (unpaired) electrons. The van der Waals surface area contributed by atoms with Crippen LogP contribution in [0, 0.1) is 11.3 Å². The molecule has 7 heteroatoms. The Labute approximate surface area is 161 Å². The number of ether oxygens (including phenoxy) is 2. The fourth-order valence-electron chi connectivity index (χ4n) is 2.13. The SMILES string of the molecule is CCOc1c(Cl)cc(/C=C(/C#N)C(=O)Nc2ccc(OC)cc2)cc1Cl. The van der Waals surface area contributed by atoms with Crippen LogP contribution in [0.5, 0.6) is 11.5 Å². The number of benzene rings is 2. The van der Waals surface area contributed by atoms with Crippen LogP contribution < -0.4 is 14.8 Å². The summed E-state index contributed by atoms with van der Waals surface area (Å²) in [5, 5.41) is 12.6. The first kappa shape index (κ1) is 19.6. The van der Waals surface area contributed by atoms with Crippen molar-refractivity contribution in [1.29, 1.82) is 5.26 Å². The van der Waals surface area contributed by atoms with Crippen molar-refractivity contribution in [3.8, 4) is 17.6 Å². The van der Waals surface area contributed by atoms with Crippen molar-refractivity contribution in [2.45, 2.75) is 6.92 Å². The van der Waals surface area contributed by atoms with Gasteiger partial charge in [0.15, 0.2) is 5.75 Å². The number of nitriles is 1. The molecule has 0 heterocycles. The van der Waals surface area contributed by atoms with E-state index in [9.17, 15) is 10.1 Å². The topological polar surface area (TPSA) is 71.3 Å². The highest BCUT2D eigenvalue weighted by molar-refractivity contribution is 6.37. The molecule has 0 aromatic heterocycles. The van der Waals surface area contributed by atoms with Gasteiger partial charge in [-0.2, -0.15) is 5.26 Å². The Morgan fingerprint density at radius 1 is 1.23 bits per heavy atom. The smallest absolute Gasteiger partial charge is 0.266 e. The lowest BCUT2D eigenvalue weighted by atomic mass is 10.1. The normalized spacial score (nSPS) is 10.8. The standard InChI is InChI=1S/C19H16Cl2N2O3/c1-3-26-18-16(20)9-12(10-17(18)21)8-13(11-22)19(24)23-14-4-6-15(25-2)7-5-14/h4-10H,3H2,1-2H3,(H,23,24)/b13-8-. The van der Waals surface area contributed by atoms with Gasteiger partial charge in [-0.25, -0.2) is 0 Å². The lowest BCUT2D eigenvalue weighted by molar-refractivity contribution is -0.112. The molecule has 0 aliphatic rings. The van der Waals surface area contributed by atoms with Gasteiger partial charge in [-0.05, 0) is 55.0 Å². The van der Waals surface area contributed by atoms with Crippen LogP contribution in [0.25, 0.3) is 6.08 Å². The Morgan fingerprint density at radius 2 is 1.85 bits per heavy atom. The first-order valence-corrected chi connectivity index (χ1v) is 8.43. The molecule has 0 saturated carbocycles. The molecule has 0 bridgehead atoms. The van der Waals surface area contributed by atoms with E-state index in [-0.39, 0.29) is 5.57 Å². The van der Waals surface area contributed by atoms with E-state index in [1.165, 1.54) is 6.08 Å². The van der Waals surface area contributed by atoms with Gasteiger partial charge >= 0.3 is 0 Å². The van der Waals surface area contributed by atoms with Crippen LogP contribution in [0.2, 0.25) is 10.0 Å². The summed E-state index contributed by atoms with van der Waals surface area (Å²) >= 11 is 12.3. The average molecular weight is 391 g/mol. The number of methoxy groups -OCH3 is 1. The summed E-state index contributed by atoms with van der Waals surface area (Å²) in [7, 11) is 1.55. The predicted molar refractivity (Wildman–Crippen MR) is 103 cm³/mol. The van der Waals surface area contributed by atoms with Gasteiger partial charge in [0.25, 0.3) is 5.91 Å². The molecule has 1 amide bonds. The van der Waals surface area contributed by atoms with Crippen LogP contribution in [0.15, 0.2) is 42.0 Å². The maximum Gasteiger partial charge on any atom is 0.266 e. The van der Waals surface area contributed by atoms with Gasteiger partial charge in [0.05, 0.1) is 23.8 Å². The Morgan fingerprint density at radius 3 is 2.35 bits per heavy atom. The molecule has 2 aromatic carbocycles. The molecule has 0 fully saturated rings. The number of hydrogen-bond acceptors (Lipinski definition) is 4. The zero-order valence-electron chi connectivity index (χ0n) is 14.2. The first-order chi connectivity index (χ1) is 12.5. The number of nitrogens with one attached hydrogen (secondary N) is 1. The molecule has 5 nitrogen and oxygen atoms in total. The highest BCUT2D eigenvalue weighted by atomic mass is 35.5. The number of amides is 1. The molecule has 0 aliphatic heterocycles. The van der Waals surface area contributed by atoms with Crippen molar-refractivity contribution in [1.82, 2.24) is 0 Å². The molecule has 0 spiro atoms. The number of rotatable bonds is 6. The van der Waals surface area contributed by atoms with E-state index < -0.39 is 5.91 Å². The van der Waals surface area contributed by atoms with Gasteiger partial charge in [-0.3, -0.25) is 4.79 Å². The molecule has 26 heavy (non-hydrogen) atoms. The maximum atomic E-state index is 12.3. The van der Waals surface area contributed by atoms with E-state index in [1.54, 1.807) is 43.5 Å². The third kappa shape index (κ3) is 4.92. The summed E-state index contributed by atoms with van der Waals surface area (Å²) in [6.45, 7) is 2.24. The van der Waals surface area contributed by atoms with E-state index >= 15 is 0 Å². The van der Waals surface area contributed by atoms with E-state index in [4.69, 9.17) is 32.7 Å². The van der Waals surface area contributed by atoms with Gasteiger partial charge in [0, 0.05) is 5.69 Å². The zero-order valence-corrected chi connectivity index (χ0v) is 15.7. The number of hydrogen-bond donors (Lipinski definition) is 1. The third-order valence-corrected chi connectivity index (χ3v) is 3.89. The number of carbonyl (C=O) groups excluding carboxylic acids is 1. The van der Waals surface area contributed by atoms with Gasteiger partial charge in [-0.15, -0.1) is 0 Å². The van der Waals surface area contributed by atoms with E-state index in [1.807, 2.05) is 13.0 Å². The van der Waals surface area contributed by atoms with Gasteiger partial charge < -0.3 is 14.8 Å². The lowest BCUT2D eigenvalue weighted by Gasteiger charge is -2.09. The van der Waals surface area contributed by atoms with Crippen LogP contribution in [-0.2, 0) is 4.79 Å². The largest absolute Gasteiger partial charge is 0.497 e. The Bertz CT molecular complexity index is 848. The van der Waals surface area contributed by atoms with Crippen LogP contribution in [0.3, 0.4) is 0 Å². The first-order valence-electron chi connectivity index (χ1n) is 7.67. The summed E-state index contributed by atoms with van der Waals surface area (Å²) in [4.78, 5) is 12.3. The molecule has 1 N–H and O–H groups in total. The second-order valence-electron chi connectivity index (χ2n) is 5.10. The minimum absolute atomic E-state index is 0.0860. The lowest BCUT2D eigenvalue weighted by Crippen LogP contribution is -2.13. The molecular formula is C19H16Cl2N2O3. The van der Waals surface area contributed by atoms with Gasteiger partial charge in [-0.1, -0.05) is 23.2 Å². The van der Waals surface area contributed by atoms with Crippen LogP contribution in [-0.4, -0.2) is 19.6 Å². The second-order valence-corrected chi connectivity index (χ2v) is 5.91. The quantitative estimate of drug-likeness (QED) is 0.559. The van der Waals surface area contributed by atoms with Gasteiger partial charge in [0.1, 0.15) is 17.4 Å². The number of anilines is 1.